The molecule has 0 aliphatic carbocycles. The molecule has 0 aliphatic rings. The predicted molar refractivity (Wildman–Crippen MR) is 293 cm³/mol. The zero-order valence-electron chi connectivity index (χ0n) is 46.2. The average molecular weight is 960 g/mol. The third-order valence-electron chi connectivity index (χ3n) is 14.0. The van der Waals surface area contributed by atoms with Gasteiger partial charge in [-0.05, 0) is 44.9 Å². The maximum Gasteiger partial charge on any atom is 0.306 e. The van der Waals surface area contributed by atoms with Crippen LogP contribution in [0.1, 0.15) is 348 Å². The second-order valence-corrected chi connectivity index (χ2v) is 21.0. The van der Waals surface area contributed by atoms with Gasteiger partial charge in [-0.3, -0.25) is 14.4 Å². The highest BCUT2D eigenvalue weighted by Crippen LogP contribution is 2.18. The van der Waals surface area contributed by atoms with Gasteiger partial charge in [0.2, 0.25) is 0 Å². The molecule has 6 heteroatoms. The van der Waals surface area contributed by atoms with Crippen molar-refractivity contribution in [3.8, 4) is 0 Å². The standard InChI is InChI=1S/C62H118O6/c1-4-7-10-13-16-19-22-25-28-29-30-31-32-33-35-37-40-43-46-49-52-55-61(64)67-58-59(57-66-60(63)54-51-48-45-42-39-36-27-24-21-18-15-12-9-6-3)68-62(65)56-53-50-47-44-41-38-34-26-23-20-17-14-11-8-5-2/h24,27,59H,4-23,25-26,28-58H2,1-3H3/b27-24-. The van der Waals surface area contributed by atoms with Gasteiger partial charge in [-0.2, -0.15) is 0 Å². The van der Waals surface area contributed by atoms with Gasteiger partial charge in [0.1, 0.15) is 13.2 Å². The Morgan fingerprint density at radius 1 is 0.279 bits per heavy atom. The fraction of sp³-hybridized carbons (Fsp3) is 0.919. The molecular weight excluding hydrogens is 841 g/mol. The minimum absolute atomic E-state index is 0.0662. The first-order valence-electron chi connectivity index (χ1n) is 30.7. The molecule has 0 amide bonds. The first-order valence-corrected chi connectivity index (χ1v) is 30.7. The molecule has 6 nitrogen and oxygen atoms in total. The Morgan fingerprint density at radius 3 is 0.735 bits per heavy atom. The van der Waals surface area contributed by atoms with E-state index in [2.05, 4.69) is 32.9 Å². The van der Waals surface area contributed by atoms with E-state index in [1.807, 2.05) is 0 Å². The van der Waals surface area contributed by atoms with Gasteiger partial charge < -0.3 is 14.2 Å². The van der Waals surface area contributed by atoms with Crippen molar-refractivity contribution in [2.45, 2.75) is 354 Å². The first-order chi connectivity index (χ1) is 33.5. The quantitative estimate of drug-likeness (QED) is 0.0262. The van der Waals surface area contributed by atoms with Gasteiger partial charge in [0, 0.05) is 19.3 Å². The van der Waals surface area contributed by atoms with Crippen molar-refractivity contribution in [1.29, 1.82) is 0 Å². The van der Waals surface area contributed by atoms with Crippen molar-refractivity contribution in [1.82, 2.24) is 0 Å². The third kappa shape index (κ3) is 55.1. The van der Waals surface area contributed by atoms with Gasteiger partial charge >= 0.3 is 17.9 Å². The van der Waals surface area contributed by atoms with Gasteiger partial charge in [0.15, 0.2) is 6.10 Å². The Bertz CT molecular complexity index is 1060. The van der Waals surface area contributed by atoms with E-state index >= 15 is 0 Å². The molecule has 0 radical (unpaired) electrons. The van der Waals surface area contributed by atoms with E-state index in [0.717, 1.165) is 64.2 Å². The molecule has 402 valence electrons. The van der Waals surface area contributed by atoms with Crippen LogP contribution >= 0.6 is 0 Å². The summed E-state index contributed by atoms with van der Waals surface area (Å²) in [4.78, 5) is 38.2. The van der Waals surface area contributed by atoms with Crippen LogP contribution in [0.5, 0.6) is 0 Å². The minimum atomic E-state index is -0.768. The Hall–Kier alpha value is -1.85. The van der Waals surface area contributed by atoms with Crippen LogP contribution in [-0.2, 0) is 28.6 Å². The Labute approximate surface area is 424 Å². The number of unbranched alkanes of at least 4 members (excludes halogenated alkanes) is 44. The normalized spacial score (nSPS) is 12.0. The Balaban J connectivity index is 4.26. The summed E-state index contributed by atoms with van der Waals surface area (Å²) in [6, 6.07) is 0. The van der Waals surface area contributed by atoms with Gasteiger partial charge in [-0.25, -0.2) is 0 Å². The van der Waals surface area contributed by atoms with E-state index in [9.17, 15) is 14.4 Å². The topological polar surface area (TPSA) is 78.9 Å². The van der Waals surface area contributed by atoms with Crippen LogP contribution in [0.4, 0.5) is 0 Å². The van der Waals surface area contributed by atoms with E-state index in [-0.39, 0.29) is 31.1 Å². The first kappa shape index (κ1) is 66.2. The summed E-state index contributed by atoms with van der Waals surface area (Å²) < 4.78 is 16.9. The van der Waals surface area contributed by atoms with Crippen molar-refractivity contribution >= 4 is 17.9 Å². The second kappa shape index (κ2) is 57.7. The monoisotopic (exact) mass is 959 g/mol. The van der Waals surface area contributed by atoms with Crippen molar-refractivity contribution in [3.63, 3.8) is 0 Å². The molecule has 0 heterocycles. The fourth-order valence-electron chi connectivity index (χ4n) is 9.38. The summed E-state index contributed by atoms with van der Waals surface area (Å²) in [5.74, 6) is -0.848. The molecule has 0 rings (SSSR count). The maximum atomic E-state index is 12.9. The van der Waals surface area contributed by atoms with Crippen molar-refractivity contribution in [2.75, 3.05) is 13.2 Å². The van der Waals surface area contributed by atoms with Crippen LogP contribution in [-0.4, -0.2) is 37.2 Å². The maximum absolute atomic E-state index is 12.9. The lowest BCUT2D eigenvalue weighted by Gasteiger charge is -2.18. The Morgan fingerprint density at radius 2 is 0.485 bits per heavy atom. The van der Waals surface area contributed by atoms with Gasteiger partial charge in [0.25, 0.3) is 0 Å². The highest BCUT2D eigenvalue weighted by molar-refractivity contribution is 5.71. The van der Waals surface area contributed by atoms with Crippen molar-refractivity contribution < 1.29 is 28.6 Å². The zero-order valence-corrected chi connectivity index (χ0v) is 46.2. The predicted octanol–water partition coefficient (Wildman–Crippen LogP) is 20.5. The molecule has 0 aromatic heterocycles. The number of allylic oxidation sites excluding steroid dienone is 2. The van der Waals surface area contributed by atoms with Crippen LogP contribution in [0.25, 0.3) is 0 Å². The molecule has 0 N–H and O–H groups in total. The lowest BCUT2D eigenvalue weighted by atomic mass is 10.0. The summed E-state index contributed by atoms with van der Waals surface area (Å²) in [5, 5.41) is 0. The number of esters is 3. The summed E-state index contributed by atoms with van der Waals surface area (Å²) in [6.07, 6.45) is 66.4. The molecule has 0 saturated carbocycles. The highest BCUT2D eigenvalue weighted by atomic mass is 16.6. The number of carbonyl (C=O) groups is 3. The summed E-state index contributed by atoms with van der Waals surface area (Å²) in [5.41, 5.74) is 0. The fourth-order valence-corrected chi connectivity index (χ4v) is 9.38. The Kier molecular flexibility index (Phi) is 56.2. The molecular formula is C62H118O6. The number of rotatable bonds is 57. The molecule has 0 aliphatic heterocycles. The lowest BCUT2D eigenvalue weighted by molar-refractivity contribution is -0.167. The van der Waals surface area contributed by atoms with Crippen LogP contribution in [0.2, 0.25) is 0 Å². The largest absolute Gasteiger partial charge is 0.462 e. The summed E-state index contributed by atoms with van der Waals surface area (Å²) in [6.45, 7) is 6.69. The van der Waals surface area contributed by atoms with Crippen molar-refractivity contribution in [3.05, 3.63) is 12.2 Å². The molecule has 0 aromatic carbocycles. The van der Waals surface area contributed by atoms with Gasteiger partial charge in [-0.1, -0.05) is 296 Å². The number of ether oxygens (including phenoxy) is 3. The van der Waals surface area contributed by atoms with E-state index in [1.54, 1.807) is 0 Å². The van der Waals surface area contributed by atoms with E-state index in [0.29, 0.717) is 19.3 Å². The van der Waals surface area contributed by atoms with Crippen LogP contribution < -0.4 is 0 Å². The van der Waals surface area contributed by atoms with E-state index in [4.69, 9.17) is 14.2 Å². The number of hydrogen-bond donors (Lipinski definition) is 0. The lowest BCUT2D eigenvalue weighted by Crippen LogP contribution is -2.30. The molecule has 0 bridgehead atoms. The van der Waals surface area contributed by atoms with Gasteiger partial charge in [0.05, 0.1) is 0 Å². The molecule has 1 atom stereocenters. The van der Waals surface area contributed by atoms with Crippen LogP contribution in [0.15, 0.2) is 12.2 Å². The smallest absolute Gasteiger partial charge is 0.306 e. The zero-order chi connectivity index (χ0) is 49.3. The van der Waals surface area contributed by atoms with E-state index < -0.39 is 6.10 Å². The SMILES string of the molecule is CCCCCCC/C=C\CCCCCCCC(=O)OCC(COC(=O)CCCCCCCCCCCCCCCCCCCCCCC)OC(=O)CCCCCCCCCCCCCCCCC. The molecule has 1 unspecified atom stereocenters. The van der Waals surface area contributed by atoms with Crippen LogP contribution in [0, 0.1) is 0 Å². The minimum Gasteiger partial charge on any atom is -0.462 e. The molecule has 0 fully saturated rings. The van der Waals surface area contributed by atoms with Gasteiger partial charge in [-0.15, -0.1) is 0 Å². The molecule has 68 heavy (non-hydrogen) atoms. The third-order valence-corrected chi connectivity index (χ3v) is 14.0. The average Bonchev–Trinajstić information content (AvgIpc) is 3.34. The highest BCUT2D eigenvalue weighted by Gasteiger charge is 2.19. The molecule has 0 saturated heterocycles. The second-order valence-electron chi connectivity index (χ2n) is 21.0. The van der Waals surface area contributed by atoms with E-state index in [1.165, 1.54) is 244 Å². The number of hydrogen-bond acceptors (Lipinski definition) is 6. The van der Waals surface area contributed by atoms with Crippen LogP contribution in [0.3, 0.4) is 0 Å². The van der Waals surface area contributed by atoms with Crippen molar-refractivity contribution in [2.24, 2.45) is 0 Å². The molecule has 0 spiro atoms. The summed E-state index contributed by atoms with van der Waals surface area (Å²) >= 11 is 0. The summed E-state index contributed by atoms with van der Waals surface area (Å²) in [7, 11) is 0. The number of carbonyl (C=O) groups excluding carboxylic acids is 3. The molecule has 0 aromatic rings.